The van der Waals surface area contributed by atoms with Crippen molar-refractivity contribution < 1.29 is 18.7 Å². The van der Waals surface area contributed by atoms with Crippen molar-refractivity contribution in [3.63, 3.8) is 0 Å². The maximum Gasteiger partial charge on any atom is 0.417 e. The number of aromatic amines is 1. The summed E-state index contributed by atoms with van der Waals surface area (Å²) in [5, 5.41) is 0. The quantitative estimate of drug-likeness (QED) is 0.571. The Hall–Kier alpha value is -2.65. The van der Waals surface area contributed by atoms with Gasteiger partial charge in [-0.15, -0.1) is 0 Å². The largest absolute Gasteiger partial charge is 0.465 e. The zero-order valence-corrected chi connectivity index (χ0v) is 21.2. The molecule has 0 spiro atoms. The minimum absolute atomic E-state index is 0.131. The fourth-order valence-corrected chi connectivity index (χ4v) is 5.35. The summed E-state index contributed by atoms with van der Waals surface area (Å²) in [5.41, 5.74) is 3.21. The Morgan fingerprint density at radius 3 is 2.54 bits per heavy atom. The van der Waals surface area contributed by atoms with Gasteiger partial charge in [0.1, 0.15) is 0 Å². The molecule has 0 radical (unpaired) electrons. The molecule has 4 rings (SSSR count). The number of H-pyrrole nitrogens is 1. The van der Waals surface area contributed by atoms with Crippen molar-refractivity contribution in [1.82, 2.24) is 19.7 Å². The van der Waals surface area contributed by atoms with Gasteiger partial charge in [-0.25, -0.2) is 4.79 Å². The lowest BCUT2D eigenvalue weighted by atomic mass is 9.96. The second kappa shape index (κ2) is 11.4. The molecule has 2 aliphatic heterocycles. The number of nitrogens with one attached hydrogen (secondary N) is 1. The standard InChI is InChI=1S/C26H38N4O5/c1-4-13-34-23(31)17-28-9-11-29(12-10-28)21-5-7-30(8-6-21)25(32)19(3)15-20-14-18(2)24-22(16-20)35-26(33)27-24/h14,16,19,21H,4-13,15,17H2,1-3H3,(H,27,33)/t19-/m1/s1. The molecule has 2 saturated heterocycles. The third-order valence-corrected chi connectivity index (χ3v) is 7.27. The van der Waals surface area contributed by atoms with Crippen LogP contribution in [0.1, 0.15) is 44.2 Å². The van der Waals surface area contributed by atoms with Crippen molar-refractivity contribution in [2.24, 2.45) is 5.92 Å². The number of esters is 1. The number of piperidine rings is 1. The molecule has 1 atom stereocenters. The van der Waals surface area contributed by atoms with E-state index in [-0.39, 0.29) is 17.8 Å². The summed E-state index contributed by atoms with van der Waals surface area (Å²) in [7, 11) is 0. The first kappa shape index (κ1) is 25.4. The van der Waals surface area contributed by atoms with Gasteiger partial charge in [0.2, 0.25) is 5.91 Å². The van der Waals surface area contributed by atoms with Crippen LogP contribution in [0.4, 0.5) is 0 Å². The molecular weight excluding hydrogens is 448 g/mol. The van der Waals surface area contributed by atoms with Crippen LogP contribution in [0, 0.1) is 12.8 Å². The number of likely N-dealkylation sites (tertiary alicyclic amines) is 1. The molecule has 2 aliphatic rings. The number of benzene rings is 1. The molecule has 35 heavy (non-hydrogen) atoms. The topological polar surface area (TPSA) is 99.1 Å². The van der Waals surface area contributed by atoms with Gasteiger partial charge >= 0.3 is 11.7 Å². The lowest BCUT2D eigenvalue weighted by Crippen LogP contribution is -2.54. The van der Waals surface area contributed by atoms with Gasteiger partial charge in [-0.1, -0.05) is 19.9 Å². The number of hydrogen-bond donors (Lipinski definition) is 1. The summed E-state index contributed by atoms with van der Waals surface area (Å²) in [5.74, 6) is -0.533. The van der Waals surface area contributed by atoms with Crippen molar-refractivity contribution in [3.8, 4) is 0 Å². The lowest BCUT2D eigenvalue weighted by molar-refractivity contribution is -0.145. The second-order valence-corrected chi connectivity index (χ2v) is 9.99. The van der Waals surface area contributed by atoms with E-state index in [0.717, 1.165) is 75.2 Å². The van der Waals surface area contributed by atoms with Crippen molar-refractivity contribution >= 4 is 23.0 Å². The number of hydrogen-bond acceptors (Lipinski definition) is 7. The molecule has 2 aromatic rings. The first-order chi connectivity index (χ1) is 16.8. The molecule has 9 nitrogen and oxygen atoms in total. The van der Waals surface area contributed by atoms with Crippen LogP contribution < -0.4 is 5.76 Å². The Morgan fingerprint density at radius 1 is 1.14 bits per heavy atom. The number of piperazine rings is 1. The van der Waals surface area contributed by atoms with Gasteiger partial charge in [0.05, 0.1) is 18.7 Å². The number of aryl methyl sites for hydroxylation is 1. The lowest BCUT2D eigenvalue weighted by Gasteiger charge is -2.43. The molecule has 2 fully saturated rings. The minimum atomic E-state index is -0.455. The Balaban J connectivity index is 1.22. The Labute approximate surface area is 206 Å². The van der Waals surface area contributed by atoms with Gasteiger partial charge in [-0.05, 0) is 49.8 Å². The number of ether oxygens (including phenoxy) is 1. The predicted molar refractivity (Wildman–Crippen MR) is 133 cm³/mol. The van der Waals surface area contributed by atoms with Crippen molar-refractivity contribution in [3.05, 3.63) is 33.8 Å². The highest BCUT2D eigenvalue weighted by molar-refractivity contribution is 5.80. The van der Waals surface area contributed by atoms with E-state index in [1.165, 1.54) is 0 Å². The van der Waals surface area contributed by atoms with E-state index in [1.54, 1.807) is 0 Å². The fourth-order valence-electron chi connectivity index (χ4n) is 5.35. The fraction of sp³-hybridized carbons (Fsp3) is 0.654. The molecule has 0 aliphatic carbocycles. The minimum Gasteiger partial charge on any atom is -0.465 e. The normalized spacial score (nSPS) is 19.2. The van der Waals surface area contributed by atoms with Gasteiger partial charge < -0.3 is 14.1 Å². The van der Waals surface area contributed by atoms with Crippen LogP contribution in [-0.4, -0.2) is 90.0 Å². The van der Waals surface area contributed by atoms with E-state index in [9.17, 15) is 14.4 Å². The third kappa shape index (κ3) is 6.32. The van der Waals surface area contributed by atoms with E-state index in [2.05, 4.69) is 14.8 Å². The van der Waals surface area contributed by atoms with Crippen LogP contribution >= 0.6 is 0 Å². The average molecular weight is 487 g/mol. The van der Waals surface area contributed by atoms with E-state index in [1.807, 2.05) is 37.8 Å². The van der Waals surface area contributed by atoms with Crippen LogP contribution in [0.25, 0.3) is 11.1 Å². The van der Waals surface area contributed by atoms with Crippen LogP contribution in [0.2, 0.25) is 0 Å². The van der Waals surface area contributed by atoms with Crippen LogP contribution in [0.3, 0.4) is 0 Å². The van der Waals surface area contributed by atoms with E-state index in [0.29, 0.717) is 31.2 Å². The predicted octanol–water partition coefficient (Wildman–Crippen LogP) is 2.17. The number of amides is 1. The number of carbonyl (C=O) groups is 2. The third-order valence-electron chi connectivity index (χ3n) is 7.27. The zero-order chi connectivity index (χ0) is 24.9. The Morgan fingerprint density at radius 2 is 1.86 bits per heavy atom. The smallest absolute Gasteiger partial charge is 0.417 e. The van der Waals surface area contributed by atoms with Gasteiger partial charge in [0.15, 0.2) is 5.58 Å². The molecule has 9 heteroatoms. The van der Waals surface area contributed by atoms with Crippen LogP contribution in [0.5, 0.6) is 0 Å². The van der Waals surface area contributed by atoms with Gasteiger partial charge in [-0.2, -0.15) is 0 Å². The maximum atomic E-state index is 13.1. The van der Waals surface area contributed by atoms with E-state index >= 15 is 0 Å². The first-order valence-corrected chi connectivity index (χ1v) is 12.9. The average Bonchev–Trinajstić information content (AvgIpc) is 3.23. The first-order valence-electron chi connectivity index (χ1n) is 12.9. The molecule has 1 aromatic heterocycles. The number of aromatic nitrogens is 1. The van der Waals surface area contributed by atoms with Crippen molar-refractivity contribution in [1.29, 1.82) is 0 Å². The summed E-state index contributed by atoms with van der Waals surface area (Å²) in [6.07, 6.45) is 3.43. The summed E-state index contributed by atoms with van der Waals surface area (Å²) < 4.78 is 10.4. The number of nitrogens with zero attached hydrogens (tertiary/aromatic N) is 3. The van der Waals surface area contributed by atoms with Crippen molar-refractivity contribution in [2.75, 3.05) is 52.4 Å². The van der Waals surface area contributed by atoms with E-state index in [4.69, 9.17) is 9.15 Å². The van der Waals surface area contributed by atoms with Gasteiger partial charge in [-0.3, -0.25) is 24.4 Å². The summed E-state index contributed by atoms with van der Waals surface area (Å²) in [6, 6.07) is 4.37. The van der Waals surface area contributed by atoms with Crippen LogP contribution in [-0.2, 0) is 20.7 Å². The molecule has 0 bridgehead atoms. The molecule has 1 aromatic carbocycles. The van der Waals surface area contributed by atoms with E-state index < -0.39 is 5.76 Å². The molecule has 1 N–H and O–H groups in total. The monoisotopic (exact) mass is 486 g/mol. The highest BCUT2D eigenvalue weighted by Gasteiger charge is 2.31. The Bertz CT molecular complexity index is 1080. The Kier molecular flexibility index (Phi) is 8.28. The number of oxazole rings is 1. The highest BCUT2D eigenvalue weighted by atomic mass is 16.5. The van der Waals surface area contributed by atoms with Crippen LogP contribution in [0.15, 0.2) is 21.3 Å². The number of fused-ring (bicyclic) bond motifs is 1. The summed E-state index contributed by atoms with van der Waals surface area (Å²) in [6.45, 7) is 12.0. The number of carbonyl (C=O) groups excluding carboxylic acids is 2. The van der Waals surface area contributed by atoms with Gasteiger partial charge in [0, 0.05) is 51.2 Å². The maximum absolute atomic E-state index is 13.1. The van der Waals surface area contributed by atoms with Gasteiger partial charge in [0.25, 0.3) is 0 Å². The number of rotatable bonds is 8. The molecule has 192 valence electrons. The molecule has 3 heterocycles. The SMILES string of the molecule is CCCOC(=O)CN1CCN(C2CCN(C(=O)[C@H](C)Cc3cc(C)c4[nH]c(=O)oc4c3)CC2)CC1. The van der Waals surface area contributed by atoms with Crippen molar-refractivity contribution in [2.45, 2.75) is 52.5 Å². The molecule has 0 saturated carbocycles. The zero-order valence-electron chi connectivity index (χ0n) is 21.2. The second-order valence-electron chi connectivity index (χ2n) is 9.99. The summed E-state index contributed by atoms with van der Waals surface area (Å²) >= 11 is 0. The molecule has 1 amide bonds. The molecular formula is C26H38N4O5. The highest BCUT2D eigenvalue weighted by Crippen LogP contribution is 2.23. The summed E-state index contributed by atoms with van der Waals surface area (Å²) in [4.78, 5) is 45.9. The molecule has 0 unspecified atom stereocenters.